The minimum Gasteiger partial charge on any atom is -0.450 e. The van der Waals surface area contributed by atoms with Crippen molar-refractivity contribution >= 4 is 28.5 Å². The number of carbonyl (C=O) groups is 1. The van der Waals surface area contributed by atoms with E-state index in [1.165, 1.54) is 4.90 Å². The van der Waals surface area contributed by atoms with Crippen LogP contribution in [0.1, 0.15) is 34.6 Å². The molecule has 26 heavy (non-hydrogen) atoms. The van der Waals surface area contributed by atoms with Crippen LogP contribution in [-0.2, 0) is 0 Å². The first-order valence-electron chi connectivity index (χ1n) is 8.27. The van der Waals surface area contributed by atoms with Crippen LogP contribution in [-0.4, -0.2) is 28.6 Å². The highest BCUT2D eigenvalue weighted by Gasteiger charge is 2.42. The number of amides is 1. The van der Waals surface area contributed by atoms with Gasteiger partial charge in [0, 0.05) is 11.6 Å². The van der Waals surface area contributed by atoms with E-state index in [0.29, 0.717) is 16.0 Å². The third-order valence-corrected chi connectivity index (χ3v) is 4.74. The topological polar surface area (TPSA) is 70.8 Å². The van der Waals surface area contributed by atoms with Crippen LogP contribution in [0.15, 0.2) is 57.7 Å². The number of hydrogen-bond acceptors (Lipinski definition) is 4. The number of halogens is 1. The molecule has 0 saturated heterocycles. The number of fused-ring (bicyclic) bond motifs is 2. The molecule has 0 bridgehead atoms. The number of β-amino-alcohol motifs (C(OH)–C–C–N with tert-alkyl or cyclic N) is 1. The average Bonchev–Trinajstić information content (AvgIpc) is 2.89. The van der Waals surface area contributed by atoms with E-state index in [1.807, 2.05) is 30.3 Å². The second-order valence-electron chi connectivity index (χ2n) is 6.43. The van der Waals surface area contributed by atoms with Crippen LogP contribution in [0.4, 0.5) is 0 Å². The predicted molar refractivity (Wildman–Crippen MR) is 98.5 cm³/mol. The van der Waals surface area contributed by atoms with Crippen LogP contribution in [0.2, 0.25) is 5.02 Å². The van der Waals surface area contributed by atoms with Gasteiger partial charge in [-0.2, -0.15) is 0 Å². The first-order valence-corrected chi connectivity index (χ1v) is 8.65. The summed E-state index contributed by atoms with van der Waals surface area (Å²) in [6, 6.07) is 13.4. The fourth-order valence-corrected chi connectivity index (χ4v) is 3.62. The molecule has 4 rings (SSSR count). The molecule has 3 aromatic rings. The van der Waals surface area contributed by atoms with Gasteiger partial charge in [0.25, 0.3) is 5.91 Å². The third-order valence-electron chi connectivity index (χ3n) is 4.50. The molecule has 1 aliphatic rings. The van der Waals surface area contributed by atoms with Gasteiger partial charge in [-0.15, -0.1) is 0 Å². The molecule has 2 aromatic carbocycles. The number of aliphatic hydroxyl groups excluding tert-OH is 1. The van der Waals surface area contributed by atoms with Gasteiger partial charge in [-0.05, 0) is 30.7 Å². The van der Waals surface area contributed by atoms with Crippen molar-refractivity contribution in [2.24, 2.45) is 0 Å². The van der Waals surface area contributed by atoms with E-state index in [-0.39, 0.29) is 23.3 Å². The molecule has 6 heteroatoms. The highest BCUT2D eigenvalue weighted by Crippen LogP contribution is 2.38. The Kier molecular flexibility index (Phi) is 4.05. The lowest BCUT2D eigenvalue weighted by Gasteiger charge is -2.26. The van der Waals surface area contributed by atoms with Crippen LogP contribution in [0.5, 0.6) is 0 Å². The molecule has 2 atom stereocenters. The van der Waals surface area contributed by atoms with Crippen molar-refractivity contribution in [1.82, 2.24) is 4.90 Å². The van der Waals surface area contributed by atoms with E-state index in [1.54, 1.807) is 25.1 Å². The first-order chi connectivity index (χ1) is 12.5. The quantitative estimate of drug-likeness (QED) is 0.768. The molecule has 0 radical (unpaired) electrons. The zero-order valence-corrected chi connectivity index (χ0v) is 14.7. The minimum atomic E-state index is -0.738. The fraction of sp³-hybridized carbons (Fsp3) is 0.200. The molecule has 1 amide bonds. The van der Waals surface area contributed by atoms with Crippen LogP contribution in [0.25, 0.3) is 11.0 Å². The van der Waals surface area contributed by atoms with Crippen molar-refractivity contribution in [3.63, 3.8) is 0 Å². The van der Waals surface area contributed by atoms with Gasteiger partial charge in [-0.1, -0.05) is 41.9 Å². The van der Waals surface area contributed by atoms with Crippen molar-refractivity contribution < 1.29 is 14.3 Å². The molecule has 2 unspecified atom stereocenters. The number of rotatable bonds is 3. The monoisotopic (exact) mass is 369 g/mol. The van der Waals surface area contributed by atoms with Crippen LogP contribution >= 0.6 is 11.6 Å². The summed E-state index contributed by atoms with van der Waals surface area (Å²) in [5.41, 5.74) is 1.11. The molecule has 1 aromatic heterocycles. The Hall–Kier alpha value is -2.63. The average molecular weight is 370 g/mol. The molecule has 0 aliphatic carbocycles. The van der Waals surface area contributed by atoms with E-state index < -0.39 is 18.1 Å². The van der Waals surface area contributed by atoms with E-state index in [9.17, 15) is 14.7 Å². The molecule has 1 aliphatic heterocycles. The largest absolute Gasteiger partial charge is 0.450 e. The number of hydrogen-bond donors (Lipinski definition) is 1. The molecular weight excluding hydrogens is 354 g/mol. The van der Waals surface area contributed by atoms with Gasteiger partial charge in [0.05, 0.1) is 23.1 Å². The Morgan fingerprint density at radius 1 is 1.19 bits per heavy atom. The second kappa shape index (κ2) is 6.27. The van der Waals surface area contributed by atoms with Crippen molar-refractivity contribution in [2.45, 2.75) is 19.1 Å². The minimum absolute atomic E-state index is 0.0272. The van der Waals surface area contributed by atoms with Crippen LogP contribution in [0.3, 0.4) is 0 Å². The molecule has 132 valence electrons. The number of carbonyl (C=O) groups excluding carboxylic acids is 1. The summed E-state index contributed by atoms with van der Waals surface area (Å²) in [4.78, 5) is 27.6. The molecule has 5 nitrogen and oxygen atoms in total. The standard InChI is InChI=1S/C20H16ClNO4/c1-11(23)10-22-17(12-5-3-2-4-6-12)16-18(24)14-9-13(21)7-8-15(14)26-19(16)20(22)25/h2-9,11,17,23H,10H2,1H3. The summed E-state index contributed by atoms with van der Waals surface area (Å²) in [6.45, 7) is 1.70. The predicted octanol–water partition coefficient (Wildman–Crippen LogP) is 3.37. The highest BCUT2D eigenvalue weighted by atomic mass is 35.5. The summed E-state index contributed by atoms with van der Waals surface area (Å²) in [7, 11) is 0. The maximum atomic E-state index is 13.2. The molecular formula is C20H16ClNO4. The normalized spacial score (nSPS) is 17.6. The Morgan fingerprint density at radius 2 is 1.92 bits per heavy atom. The van der Waals surface area contributed by atoms with Gasteiger partial charge in [0.1, 0.15) is 5.58 Å². The Bertz CT molecular complexity index is 1060. The Labute approximate surface area is 154 Å². The van der Waals surface area contributed by atoms with E-state index in [0.717, 1.165) is 5.56 Å². The number of benzene rings is 2. The van der Waals surface area contributed by atoms with Crippen LogP contribution < -0.4 is 5.43 Å². The van der Waals surface area contributed by atoms with E-state index in [2.05, 4.69) is 0 Å². The molecule has 0 fully saturated rings. The molecule has 0 spiro atoms. The zero-order chi connectivity index (χ0) is 18.4. The van der Waals surface area contributed by atoms with Crippen molar-refractivity contribution in [1.29, 1.82) is 0 Å². The Balaban J connectivity index is 2.01. The molecule has 0 saturated carbocycles. The smallest absolute Gasteiger partial charge is 0.290 e. The van der Waals surface area contributed by atoms with Crippen molar-refractivity contribution in [3.05, 3.63) is 80.7 Å². The summed E-state index contributed by atoms with van der Waals surface area (Å²) >= 11 is 6.03. The summed E-state index contributed by atoms with van der Waals surface area (Å²) in [5, 5.41) is 10.6. The van der Waals surface area contributed by atoms with Crippen molar-refractivity contribution in [2.75, 3.05) is 6.54 Å². The van der Waals surface area contributed by atoms with Gasteiger partial charge in [-0.25, -0.2) is 0 Å². The lowest BCUT2D eigenvalue weighted by Crippen LogP contribution is -2.35. The fourth-order valence-electron chi connectivity index (χ4n) is 3.45. The molecule has 2 heterocycles. The maximum absolute atomic E-state index is 13.2. The van der Waals surface area contributed by atoms with Crippen LogP contribution in [0, 0.1) is 0 Å². The highest BCUT2D eigenvalue weighted by molar-refractivity contribution is 6.31. The second-order valence-corrected chi connectivity index (χ2v) is 6.87. The number of aliphatic hydroxyl groups is 1. The lowest BCUT2D eigenvalue weighted by atomic mass is 9.98. The van der Waals surface area contributed by atoms with E-state index in [4.69, 9.17) is 16.0 Å². The van der Waals surface area contributed by atoms with Gasteiger partial charge >= 0.3 is 0 Å². The van der Waals surface area contributed by atoms with Gasteiger partial charge < -0.3 is 14.4 Å². The number of nitrogens with zero attached hydrogens (tertiary/aromatic N) is 1. The van der Waals surface area contributed by atoms with E-state index >= 15 is 0 Å². The maximum Gasteiger partial charge on any atom is 0.290 e. The molecule has 1 N–H and O–H groups in total. The van der Waals surface area contributed by atoms with Gasteiger partial charge in [0.2, 0.25) is 5.76 Å². The Morgan fingerprint density at radius 3 is 2.62 bits per heavy atom. The lowest BCUT2D eigenvalue weighted by molar-refractivity contribution is 0.0611. The zero-order valence-electron chi connectivity index (χ0n) is 14.0. The van der Waals surface area contributed by atoms with Gasteiger partial charge in [0.15, 0.2) is 5.43 Å². The SMILES string of the molecule is CC(O)CN1C(=O)c2oc3ccc(Cl)cc3c(=O)c2C1c1ccccc1. The third kappa shape index (κ3) is 2.60. The van der Waals surface area contributed by atoms with Gasteiger partial charge in [-0.3, -0.25) is 9.59 Å². The summed E-state index contributed by atoms with van der Waals surface area (Å²) in [5.74, 6) is -0.372. The summed E-state index contributed by atoms with van der Waals surface area (Å²) < 4.78 is 5.78. The first kappa shape index (κ1) is 16.8. The van der Waals surface area contributed by atoms with Crippen molar-refractivity contribution in [3.8, 4) is 0 Å². The summed E-state index contributed by atoms with van der Waals surface area (Å²) in [6.07, 6.45) is -0.738.